The van der Waals surface area contributed by atoms with Gasteiger partial charge in [-0.15, -0.1) is 0 Å². The molecule has 66 valence electrons. The van der Waals surface area contributed by atoms with Crippen molar-refractivity contribution in [3.05, 3.63) is 0 Å². The normalized spacial score (nSPS) is 25.4. The molecule has 0 aromatic rings. The van der Waals surface area contributed by atoms with E-state index in [0.29, 0.717) is 6.10 Å². The Morgan fingerprint density at radius 3 is 3.00 bits per heavy atom. The van der Waals surface area contributed by atoms with Gasteiger partial charge in [0.1, 0.15) is 0 Å². The number of methoxy groups -OCH3 is 1. The molecular weight excluding hydrogens is 140 g/mol. The van der Waals surface area contributed by atoms with E-state index in [9.17, 15) is 0 Å². The van der Waals surface area contributed by atoms with Gasteiger partial charge in [-0.05, 0) is 32.1 Å². The molecule has 1 heterocycles. The van der Waals surface area contributed by atoms with Gasteiger partial charge >= 0.3 is 0 Å². The largest absolute Gasteiger partial charge is 0.385 e. The predicted octanol–water partition coefficient (Wildman–Crippen LogP) is 1.98. The van der Waals surface area contributed by atoms with E-state index in [1.807, 2.05) is 0 Å². The fourth-order valence-corrected chi connectivity index (χ4v) is 1.49. The lowest BCUT2D eigenvalue weighted by Crippen LogP contribution is -2.19. The third-order valence-electron chi connectivity index (χ3n) is 2.15. The second kappa shape index (κ2) is 5.56. The van der Waals surface area contributed by atoms with E-state index in [4.69, 9.17) is 9.47 Å². The number of hydrogen-bond donors (Lipinski definition) is 0. The Morgan fingerprint density at radius 1 is 1.45 bits per heavy atom. The van der Waals surface area contributed by atoms with Gasteiger partial charge in [0.25, 0.3) is 0 Å². The van der Waals surface area contributed by atoms with Crippen LogP contribution in [0.4, 0.5) is 0 Å². The van der Waals surface area contributed by atoms with Gasteiger partial charge in [0.05, 0.1) is 6.10 Å². The van der Waals surface area contributed by atoms with E-state index in [-0.39, 0.29) is 0 Å². The molecule has 1 rings (SSSR count). The van der Waals surface area contributed by atoms with Gasteiger partial charge < -0.3 is 9.47 Å². The summed E-state index contributed by atoms with van der Waals surface area (Å²) in [6, 6.07) is 0. The number of hydrogen-bond acceptors (Lipinski definition) is 2. The van der Waals surface area contributed by atoms with Gasteiger partial charge in [-0.1, -0.05) is 0 Å². The molecule has 1 unspecified atom stereocenters. The molecule has 1 aliphatic rings. The maximum atomic E-state index is 5.57. The summed E-state index contributed by atoms with van der Waals surface area (Å²) < 4.78 is 10.5. The smallest absolute Gasteiger partial charge is 0.0576 e. The third kappa shape index (κ3) is 3.73. The first kappa shape index (κ1) is 9.01. The number of rotatable bonds is 4. The molecular formula is C9H18O2. The monoisotopic (exact) mass is 158 g/mol. The molecule has 0 aromatic heterocycles. The fourth-order valence-electron chi connectivity index (χ4n) is 1.49. The third-order valence-corrected chi connectivity index (χ3v) is 2.15. The summed E-state index contributed by atoms with van der Waals surface area (Å²) in [6.45, 7) is 1.84. The molecule has 0 aromatic carbocycles. The first-order valence-corrected chi connectivity index (χ1v) is 4.54. The van der Waals surface area contributed by atoms with Crippen LogP contribution < -0.4 is 0 Å². The molecule has 0 radical (unpaired) electrons. The van der Waals surface area contributed by atoms with E-state index >= 15 is 0 Å². The van der Waals surface area contributed by atoms with Crippen LogP contribution in [0.5, 0.6) is 0 Å². The van der Waals surface area contributed by atoms with Crippen molar-refractivity contribution in [2.45, 2.75) is 38.2 Å². The van der Waals surface area contributed by atoms with E-state index in [0.717, 1.165) is 19.6 Å². The molecule has 1 fully saturated rings. The second-order valence-electron chi connectivity index (χ2n) is 3.12. The van der Waals surface area contributed by atoms with Gasteiger partial charge in [-0.25, -0.2) is 0 Å². The van der Waals surface area contributed by atoms with Gasteiger partial charge in [-0.2, -0.15) is 0 Å². The molecule has 0 amide bonds. The van der Waals surface area contributed by atoms with Gasteiger partial charge in [0, 0.05) is 20.3 Å². The molecule has 1 saturated heterocycles. The van der Waals surface area contributed by atoms with Crippen molar-refractivity contribution >= 4 is 0 Å². The van der Waals surface area contributed by atoms with Crippen molar-refractivity contribution in [3.8, 4) is 0 Å². The highest BCUT2D eigenvalue weighted by molar-refractivity contribution is 4.62. The highest BCUT2D eigenvalue weighted by Crippen LogP contribution is 2.16. The van der Waals surface area contributed by atoms with Crippen LogP contribution in [0.2, 0.25) is 0 Å². The molecule has 1 aliphatic heterocycles. The number of ether oxygens (including phenoxy) is 2. The van der Waals surface area contributed by atoms with Crippen molar-refractivity contribution in [1.29, 1.82) is 0 Å². The topological polar surface area (TPSA) is 18.5 Å². The molecule has 2 nitrogen and oxygen atoms in total. The van der Waals surface area contributed by atoms with E-state index < -0.39 is 0 Å². The highest BCUT2D eigenvalue weighted by atomic mass is 16.5. The minimum Gasteiger partial charge on any atom is -0.385 e. The predicted molar refractivity (Wildman–Crippen MR) is 44.7 cm³/mol. The van der Waals surface area contributed by atoms with Crippen LogP contribution in [0.3, 0.4) is 0 Å². The Bertz CT molecular complexity index is 87.6. The average molecular weight is 158 g/mol. The first-order valence-electron chi connectivity index (χ1n) is 4.54. The summed E-state index contributed by atoms with van der Waals surface area (Å²) in [6.07, 6.45) is 6.69. The molecule has 0 spiro atoms. The summed E-state index contributed by atoms with van der Waals surface area (Å²) >= 11 is 0. The maximum Gasteiger partial charge on any atom is 0.0576 e. The zero-order valence-corrected chi connectivity index (χ0v) is 7.34. The summed E-state index contributed by atoms with van der Waals surface area (Å²) in [5.74, 6) is 0. The van der Waals surface area contributed by atoms with Crippen molar-refractivity contribution in [1.82, 2.24) is 0 Å². The molecule has 1 atom stereocenters. The lowest BCUT2D eigenvalue weighted by atomic mass is 10.1. The van der Waals surface area contributed by atoms with Crippen molar-refractivity contribution < 1.29 is 9.47 Å². The van der Waals surface area contributed by atoms with Crippen LogP contribution >= 0.6 is 0 Å². The molecule has 0 saturated carbocycles. The first-order chi connectivity index (χ1) is 5.43. The molecule has 11 heavy (non-hydrogen) atoms. The SMILES string of the molecule is COCCCC1CCCCO1. The Morgan fingerprint density at radius 2 is 2.36 bits per heavy atom. The van der Waals surface area contributed by atoms with E-state index in [1.165, 1.54) is 25.7 Å². The molecule has 0 aliphatic carbocycles. The Hall–Kier alpha value is -0.0800. The van der Waals surface area contributed by atoms with Crippen molar-refractivity contribution in [3.63, 3.8) is 0 Å². The van der Waals surface area contributed by atoms with E-state index in [1.54, 1.807) is 7.11 Å². The molecule has 0 N–H and O–H groups in total. The van der Waals surface area contributed by atoms with Crippen molar-refractivity contribution in [2.24, 2.45) is 0 Å². The molecule has 0 bridgehead atoms. The average Bonchev–Trinajstić information content (AvgIpc) is 2.07. The zero-order chi connectivity index (χ0) is 7.94. The quantitative estimate of drug-likeness (QED) is 0.582. The Kier molecular flexibility index (Phi) is 4.55. The lowest BCUT2D eigenvalue weighted by Gasteiger charge is -2.22. The summed E-state index contributed by atoms with van der Waals surface area (Å²) in [7, 11) is 1.75. The van der Waals surface area contributed by atoms with E-state index in [2.05, 4.69) is 0 Å². The Balaban J connectivity index is 1.96. The van der Waals surface area contributed by atoms with Crippen LogP contribution in [-0.4, -0.2) is 26.4 Å². The van der Waals surface area contributed by atoms with Crippen LogP contribution in [-0.2, 0) is 9.47 Å². The summed E-state index contributed by atoms with van der Waals surface area (Å²) in [5, 5.41) is 0. The van der Waals surface area contributed by atoms with Crippen LogP contribution in [0.25, 0.3) is 0 Å². The summed E-state index contributed by atoms with van der Waals surface area (Å²) in [4.78, 5) is 0. The summed E-state index contributed by atoms with van der Waals surface area (Å²) in [5.41, 5.74) is 0. The van der Waals surface area contributed by atoms with Crippen molar-refractivity contribution in [2.75, 3.05) is 20.3 Å². The second-order valence-corrected chi connectivity index (χ2v) is 3.12. The van der Waals surface area contributed by atoms with Gasteiger partial charge in [0.15, 0.2) is 0 Å². The highest BCUT2D eigenvalue weighted by Gasteiger charge is 2.12. The van der Waals surface area contributed by atoms with Gasteiger partial charge in [-0.3, -0.25) is 0 Å². The zero-order valence-electron chi connectivity index (χ0n) is 7.34. The maximum absolute atomic E-state index is 5.57. The Labute approximate surface area is 68.9 Å². The standard InChI is InChI=1S/C9H18O2/c1-10-7-4-6-9-5-2-3-8-11-9/h9H,2-8H2,1H3. The minimum absolute atomic E-state index is 0.527. The fraction of sp³-hybridized carbons (Fsp3) is 1.00. The minimum atomic E-state index is 0.527. The molecule has 2 heteroatoms. The van der Waals surface area contributed by atoms with Gasteiger partial charge in [0.2, 0.25) is 0 Å². The van der Waals surface area contributed by atoms with Crippen LogP contribution in [0, 0.1) is 0 Å². The van der Waals surface area contributed by atoms with Crippen LogP contribution in [0.1, 0.15) is 32.1 Å². The lowest BCUT2D eigenvalue weighted by molar-refractivity contribution is 0.00643. The van der Waals surface area contributed by atoms with Crippen LogP contribution in [0.15, 0.2) is 0 Å².